The quantitative estimate of drug-likeness (QED) is 0.906. The van der Waals surface area contributed by atoms with Gasteiger partial charge in [0.2, 0.25) is 0 Å². The molecule has 1 aliphatic heterocycles. The van der Waals surface area contributed by atoms with Crippen LogP contribution in [0.3, 0.4) is 0 Å². The van der Waals surface area contributed by atoms with Crippen molar-refractivity contribution in [2.75, 3.05) is 5.32 Å². The molecule has 3 nitrogen and oxygen atoms in total. The number of benzene rings is 2. The van der Waals surface area contributed by atoms with Crippen LogP contribution in [-0.2, 0) is 0 Å². The second-order valence-electron chi connectivity index (χ2n) is 5.56. The van der Waals surface area contributed by atoms with E-state index in [4.69, 9.17) is 11.6 Å². The Kier molecular flexibility index (Phi) is 2.89. The highest BCUT2D eigenvalue weighted by Crippen LogP contribution is 2.42. The number of rotatable bonds is 2. The Bertz CT molecular complexity index is 711. The molecule has 0 aromatic heterocycles. The van der Waals surface area contributed by atoms with Gasteiger partial charge in [-0.1, -0.05) is 41.9 Å². The summed E-state index contributed by atoms with van der Waals surface area (Å²) in [5.74, 6) is 0.0942. The van der Waals surface area contributed by atoms with E-state index in [2.05, 4.69) is 5.32 Å². The molecule has 21 heavy (non-hydrogen) atoms. The van der Waals surface area contributed by atoms with E-state index in [1.165, 1.54) is 0 Å². The summed E-state index contributed by atoms with van der Waals surface area (Å²) < 4.78 is 0. The van der Waals surface area contributed by atoms with Crippen molar-refractivity contribution >= 4 is 23.2 Å². The Morgan fingerprint density at radius 2 is 1.76 bits per heavy atom. The zero-order valence-electron chi connectivity index (χ0n) is 11.4. The monoisotopic (exact) mass is 298 g/mol. The number of para-hydroxylation sites is 1. The fourth-order valence-corrected chi connectivity index (χ4v) is 3.16. The minimum Gasteiger partial charge on any atom is -0.361 e. The molecule has 1 amide bonds. The van der Waals surface area contributed by atoms with Gasteiger partial charge in [-0.3, -0.25) is 4.79 Å². The predicted molar refractivity (Wildman–Crippen MR) is 83.4 cm³/mol. The van der Waals surface area contributed by atoms with Crippen molar-refractivity contribution in [2.24, 2.45) is 0 Å². The fourth-order valence-electron chi connectivity index (χ4n) is 2.92. The van der Waals surface area contributed by atoms with Crippen LogP contribution in [0.4, 0.5) is 5.69 Å². The lowest BCUT2D eigenvalue weighted by Gasteiger charge is -2.38. The van der Waals surface area contributed by atoms with Gasteiger partial charge < -0.3 is 10.2 Å². The number of halogens is 1. The highest BCUT2D eigenvalue weighted by atomic mass is 35.5. The van der Waals surface area contributed by atoms with Crippen molar-refractivity contribution in [1.29, 1.82) is 0 Å². The molecule has 1 heterocycles. The normalized spacial score (nSPS) is 20.9. The van der Waals surface area contributed by atoms with Crippen molar-refractivity contribution < 1.29 is 4.79 Å². The zero-order chi connectivity index (χ0) is 14.4. The third-order valence-corrected chi connectivity index (χ3v) is 4.45. The first-order valence-corrected chi connectivity index (χ1v) is 7.56. The van der Waals surface area contributed by atoms with Gasteiger partial charge in [0.1, 0.15) is 6.17 Å². The van der Waals surface area contributed by atoms with Gasteiger partial charge in [0.25, 0.3) is 5.91 Å². The molecule has 106 valence electrons. The summed E-state index contributed by atoms with van der Waals surface area (Å²) in [6.07, 6.45) is 1.95. The molecule has 2 aliphatic rings. The number of fused-ring (bicyclic) bond motifs is 1. The lowest BCUT2D eigenvalue weighted by atomic mass is 10.0. The lowest BCUT2D eigenvalue weighted by Crippen LogP contribution is -2.44. The fraction of sp³-hybridized carbons (Fsp3) is 0.235. The molecule has 0 saturated heterocycles. The minimum absolute atomic E-state index is 0.0942. The first-order valence-electron chi connectivity index (χ1n) is 7.18. The molecular formula is C17H15ClN2O. The molecule has 0 radical (unpaired) electrons. The summed E-state index contributed by atoms with van der Waals surface area (Å²) in [7, 11) is 0. The number of carbonyl (C=O) groups excluding carboxylic acids is 1. The Morgan fingerprint density at radius 1 is 1.05 bits per heavy atom. The molecule has 0 spiro atoms. The van der Waals surface area contributed by atoms with Crippen LogP contribution >= 0.6 is 11.6 Å². The second-order valence-corrected chi connectivity index (χ2v) is 5.96. The van der Waals surface area contributed by atoms with Gasteiger partial charge >= 0.3 is 0 Å². The molecule has 1 saturated carbocycles. The number of hydrogen-bond donors (Lipinski definition) is 1. The Hall–Kier alpha value is -2.00. The van der Waals surface area contributed by atoms with Crippen molar-refractivity contribution in [3.05, 3.63) is 64.7 Å². The summed E-state index contributed by atoms with van der Waals surface area (Å²) in [5, 5.41) is 4.16. The largest absolute Gasteiger partial charge is 0.361 e. The summed E-state index contributed by atoms with van der Waals surface area (Å²) in [6, 6.07) is 15.7. The maximum Gasteiger partial charge on any atom is 0.258 e. The van der Waals surface area contributed by atoms with Crippen molar-refractivity contribution in [3.63, 3.8) is 0 Å². The first-order chi connectivity index (χ1) is 10.3. The Balaban J connectivity index is 1.83. The van der Waals surface area contributed by atoms with Gasteiger partial charge in [-0.2, -0.15) is 0 Å². The van der Waals surface area contributed by atoms with Crippen LogP contribution in [0.15, 0.2) is 48.5 Å². The Labute approximate surface area is 128 Å². The average Bonchev–Trinajstić information content (AvgIpc) is 3.32. The molecule has 0 bridgehead atoms. The van der Waals surface area contributed by atoms with Crippen LogP contribution in [0.1, 0.15) is 34.9 Å². The summed E-state index contributed by atoms with van der Waals surface area (Å²) in [6.45, 7) is 0. The summed E-state index contributed by atoms with van der Waals surface area (Å²) in [5.41, 5.74) is 2.57. The van der Waals surface area contributed by atoms with E-state index in [1.807, 2.05) is 53.4 Å². The molecular weight excluding hydrogens is 284 g/mol. The third kappa shape index (κ3) is 2.09. The predicted octanol–water partition coefficient (Wildman–Crippen LogP) is 4.07. The van der Waals surface area contributed by atoms with E-state index in [1.54, 1.807) is 0 Å². The van der Waals surface area contributed by atoms with Crippen LogP contribution in [0.5, 0.6) is 0 Å². The number of nitrogens with zero attached hydrogens (tertiary/aromatic N) is 1. The van der Waals surface area contributed by atoms with Gasteiger partial charge in [-0.25, -0.2) is 0 Å². The van der Waals surface area contributed by atoms with Gasteiger partial charge in [-0.15, -0.1) is 0 Å². The molecule has 1 aliphatic carbocycles. The smallest absolute Gasteiger partial charge is 0.258 e. The molecule has 1 atom stereocenters. The van der Waals surface area contributed by atoms with Gasteiger partial charge in [0.05, 0.1) is 5.56 Å². The van der Waals surface area contributed by atoms with Crippen LogP contribution in [0.2, 0.25) is 5.02 Å². The van der Waals surface area contributed by atoms with Crippen molar-refractivity contribution in [2.45, 2.75) is 25.0 Å². The average molecular weight is 299 g/mol. The number of anilines is 1. The van der Waals surface area contributed by atoms with E-state index in [0.717, 1.165) is 29.7 Å². The summed E-state index contributed by atoms with van der Waals surface area (Å²) >= 11 is 6.34. The van der Waals surface area contributed by atoms with Gasteiger partial charge in [0, 0.05) is 22.3 Å². The van der Waals surface area contributed by atoms with Crippen molar-refractivity contribution in [1.82, 2.24) is 4.90 Å². The highest BCUT2D eigenvalue weighted by Gasteiger charge is 2.42. The standard InChI is InChI=1S/C17H15ClN2O/c18-14-7-3-1-5-12(14)16-19-15-8-4-2-6-13(15)17(21)20(16)11-9-10-11/h1-8,11,16,19H,9-10H2/t16-/m0/s1. The first kappa shape index (κ1) is 12.7. The van der Waals surface area contributed by atoms with E-state index in [-0.39, 0.29) is 12.1 Å². The maximum atomic E-state index is 12.8. The lowest BCUT2D eigenvalue weighted by molar-refractivity contribution is 0.0666. The molecule has 1 fully saturated rings. The SMILES string of the molecule is O=C1c2ccccc2N[C@H](c2ccccc2Cl)N1C1CC1. The Morgan fingerprint density at radius 3 is 2.52 bits per heavy atom. The molecule has 4 rings (SSSR count). The van der Waals surface area contributed by atoms with Gasteiger partial charge in [-0.05, 0) is 31.0 Å². The highest BCUT2D eigenvalue weighted by molar-refractivity contribution is 6.31. The maximum absolute atomic E-state index is 12.8. The van der Waals surface area contributed by atoms with E-state index >= 15 is 0 Å². The third-order valence-electron chi connectivity index (χ3n) is 4.10. The van der Waals surface area contributed by atoms with Crippen LogP contribution in [0, 0.1) is 0 Å². The topological polar surface area (TPSA) is 32.3 Å². The van der Waals surface area contributed by atoms with Gasteiger partial charge in [0.15, 0.2) is 0 Å². The summed E-state index contributed by atoms with van der Waals surface area (Å²) in [4.78, 5) is 14.8. The zero-order valence-corrected chi connectivity index (χ0v) is 12.2. The van der Waals surface area contributed by atoms with Crippen LogP contribution < -0.4 is 5.32 Å². The molecule has 0 unspecified atom stereocenters. The second kappa shape index (κ2) is 4.78. The van der Waals surface area contributed by atoms with Crippen LogP contribution in [0.25, 0.3) is 0 Å². The number of nitrogens with one attached hydrogen (secondary N) is 1. The molecule has 2 aromatic rings. The molecule has 1 N–H and O–H groups in total. The molecule has 4 heteroatoms. The van der Waals surface area contributed by atoms with E-state index in [0.29, 0.717) is 11.1 Å². The number of hydrogen-bond acceptors (Lipinski definition) is 2. The van der Waals surface area contributed by atoms with Crippen LogP contribution in [-0.4, -0.2) is 16.8 Å². The number of amides is 1. The number of carbonyl (C=O) groups is 1. The van der Waals surface area contributed by atoms with E-state index < -0.39 is 0 Å². The van der Waals surface area contributed by atoms with E-state index in [9.17, 15) is 4.79 Å². The minimum atomic E-state index is -0.186. The van der Waals surface area contributed by atoms with Crippen molar-refractivity contribution in [3.8, 4) is 0 Å². The molecule has 2 aromatic carbocycles.